The van der Waals surface area contributed by atoms with Gasteiger partial charge in [-0.15, -0.1) is 0 Å². The Kier molecular flexibility index (Phi) is 4.34. The van der Waals surface area contributed by atoms with Gasteiger partial charge in [0, 0.05) is 11.8 Å². The monoisotopic (exact) mass is 255 g/mol. The number of carbonyl (C=O) groups excluding carboxylic acids is 1. The number of aromatic nitrogens is 2. The highest BCUT2D eigenvalue weighted by atomic mass is 32.2. The molecule has 0 atom stereocenters. The van der Waals surface area contributed by atoms with Crippen LogP contribution >= 0.6 is 11.8 Å². The maximum absolute atomic E-state index is 11.6. The van der Waals surface area contributed by atoms with Crippen LogP contribution in [0.15, 0.2) is 11.4 Å². The number of nitrogens with two attached hydrogens (primary N) is 1. The largest absolute Gasteiger partial charge is 0.460 e. The summed E-state index contributed by atoms with van der Waals surface area (Å²) in [5.41, 5.74) is 5.84. The van der Waals surface area contributed by atoms with E-state index in [2.05, 4.69) is 9.97 Å². The normalized spacial score (nSPS) is 11.3. The van der Waals surface area contributed by atoms with Crippen LogP contribution in [0.4, 0.5) is 5.82 Å². The molecule has 2 N–H and O–H groups in total. The summed E-state index contributed by atoms with van der Waals surface area (Å²) < 4.78 is 5.20. The highest BCUT2D eigenvalue weighted by Gasteiger charge is 2.18. The molecule has 17 heavy (non-hydrogen) atoms. The van der Waals surface area contributed by atoms with Crippen LogP contribution in [0.2, 0.25) is 0 Å². The molecule has 0 fully saturated rings. The average Bonchev–Trinajstić information content (AvgIpc) is 2.18. The maximum Gasteiger partial charge on any atom is 0.310 e. The number of anilines is 1. The smallest absolute Gasteiger partial charge is 0.310 e. The molecule has 94 valence electrons. The van der Waals surface area contributed by atoms with Crippen LogP contribution < -0.4 is 5.73 Å². The molecule has 0 aliphatic carbocycles. The minimum atomic E-state index is -0.494. The lowest BCUT2D eigenvalue weighted by molar-refractivity contribution is -0.153. The van der Waals surface area contributed by atoms with Crippen molar-refractivity contribution in [1.82, 2.24) is 9.97 Å². The summed E-state index contributed by atoms with van der Waals surface area (Å²) in [6.45, 7) is 5.46. The third-order valence-corrected chi connectivity index (χ3v) is 2.38. The van der Waals surface area contributed by atoms with Gasteiger partial charge >= 0.3 is 5.97 Å². The van der Waals surface area contributed by atoms with Crippen molar-refractivity contribution >= 4 is 23.5 Å². The van der Waals surface area contributed by atoms with E-state index >= 15 is 0 Å². The molecule has 0 unspecified atom stereocenters. The Hall–Kier alpha value is -1.30. The van der Waals surface area contributed by atoms with Crippen molar-refractivity contribution in [2.45, 2.75) is 37.9 Å². The second-order valence-electron chi connectivity index (χ2n) is 4.53. The lowest BCUT2D eigenvalue weighted by Crippen LogP contribution is -2.25. The first-order valence-electron chi connectivity index (χ1n) is 5.19. The van der Waals surface area contributed by atoms with E-state index in [4.69, 9.17) is 10.5 Å². The Labute approximate surface area is 105 Å². The quantitative estimate of drug-likeness (QED) is 0.503. The topological polar surface area (TPSA) is 78.1 Å². The molecule has 0 aromatic carbocycles. The van der Waals surface area contributed by atoms with E-state index in [1.807, 2.05) is 27.0 Å². The van der Waals surface area contributed by atoms with Gasteiger partial charge in [0.15, 0.2) is 5.16 Å². The molecule has 1 aromatic rings. The van der Waals surface area contributed by atoms with Gasteiger partial charge in [0.1, 0.15) is 11.4 Å². The van der Waals surface area contributed by atoms with Crippen molar-refractivity contribution in [2.24, 2.45) is 0 Å². The van der Waals surface area contributed by atoms with E-state index in [0.717, 1.165) is 0 Å². The molecule has 0 aliphatic rings. The minimum Gasteiger partial charge on any atom is -0.460 e. The molecule has 0 amide bonds. The summed E-state index contributed by atoms with van der Waals surface area (Å²) in [6, 6.07) is 0. The lowest BCUT2D eigenvalue weighted by Gasteiger charge is -2.19. The van der Waals surface area contributed by atoms with Gasteiger partial charge in [-0.05, 0) is 27.0 Å². The van der Waals surface area contributed by atoms with E-state index < -0.39 is 5.60 Å². The van der Waals surface area contributed by atoms with Crippen LogP contribution in [-0.2, 0) is 16.0 Å². The predicted octanol–water partition coefficient (Wildman–Crippen LogP) is 1.66. The molecule has 6 heteroatoms. The third-order valence-electron chi connectivity index (χ3n) is 1.81. The van der Waals surface area contributed by atoms with Crippen molar-refractivity contribution in [3.05, 3.63) is 11.8 Å². The molecular formula is C11H17N3O2S. The van der Waals surface area contributed by atoms with Crippen molar-refractivity contribution in [1.29, 1.82) is 0 Å². The number of carbonyl (C=O) groups is 1. The molecule has 0 radical (unpaired) electrons. The van der Waals surface area contributed by atoms with E-state index in [0.29, 0.717) is 16.5 Å². The Balaban J connectivity index is 2.72. The second kappa shape index (κ2) is 5.35. The van der Waals surface area contributed by atoms with Gasteiger partial charge in [0.25, 0.3) is 0 Å². The Morgan fingerprint density at radius 1 is 1.53 bits per heavy atom. The Morgan fingerprint density at radius 2 is 2.18 bits per heavy atom. The molecule has 0 bridgehead atoms. The summed E-state index contributed by atoms with van der Waals surface area (Å²) in [5, 5.41) is 0.593. The molecule has 0 saturated carbocycles. The van der Waals surface area contributed by atoms with Gasteiger partial charge in [-0.25, -0.2) is 9.97 Å². The van der Waals surface area contributed by atoms with E-state index in [9.17, 15) is 4.79 Å². The zero-order chi connectivity index (χ0) is 13.1. The first kappa shape index (κ1) is 13.8. The third kappa shape index (κ3) is 4.60. The molecule has 1 rings (SSSR count). The Bertz CT molecular complexity index is 416. The standard InChI is InChI=1S/C11H17N3O2S/c1-11(2,3)16-8(15)5-7-6-13-10(17-4)14-9(7)12/h6H,5H2,1-4H3,(H2,12,13,14). The number of hydrogen-bond donors (Lipinski definition) is 1. The SMILES string of the molecule is CSc1ncc(CC(=O)OC(C)(C)C)c(N)n1. The van der Waals surface area contributed by atoms with Crippen molar-refractivity contribution in [2.75, 3.05) is 12.0 Å². The van der Waals surface area contributed by atoms with Crippen LogP contribution in [0.25, 0.3) is 0 Å². The van der Waals surface area contributed by atoms with Gasteiger partial charge in [-0.1, -0.05) is 11.8 Å². The van der Waals surface area contributed by atoms with Gasteiger partial charge < -0.3 is 10.5 Å². The summed E-state index contributed by atoms with van der Waals surface area (Å²) >= 11 is 1.40. The summed E-state index contributed by atoms with van der Waals surface area (Å²) in [6.07, 6.45) is 3.53. The number of hydrogen-bond acceptors (Lipinski definition) is 6. The fraction of sp³-hybridized carbons (Fsp3) is 0.545. The van der Waals surface area contributed by atoms with E-state index in [1.54, 1.807) is 6.20 Å². The molecule has 0 spiro atoms. The van der Waals surface area contributed by atoms with Crippen molar-refractivity contribution in [3.63, 3.8) is 0 Å². The molecule has 0 saturated heterocycles. The minimum absolute atomic E-state index is 0.0950. The highest BCUT2D eigenvalue weighted by Crippen LogP contribution is 2.16. The van der Waals surface area contributed by atoms with Gasteiger partial charge in [-0.3, -0.25) is 4.79 Å². The van der Waals surface area contributed by atoms with E-state index in [-0.39, 0.29) is 12.4 Å². The number of esters is 1. The maximum atomic E-state index is 11.6. The van der Waals surface area contributed by atoms with Gasteiger partial charge in [0.2, 0.25) is 0 Å². The van der Waals surface area contributed by atoms with Crippen LogP contribution in [0.1, 0.15) is 26.3 Å². The Morgan fingerprint density at radius 3 is 2.65 bits per heavy atom. The predicted molar refractivity (Wildman–Crippen MR) is 67.8 cm³/mol. The average molecular weight is 255 g/mol. The number of nitrogens with zero attached hydrogens (tertiary/aromatic N) is 2. The van der Waals surface area contributed by atoms with Crippen LogP contribution in [0.3, 0.4) is 0 Å². The number of thioether (sulfide) groups is 1. The molecule has 5 nitrogen and oxygen atoms in total. The fourth-order valence-corrected chi connectivity index (χ4v) is 1.52. The zero-order valence-electron chi connectivity index (χ0n) is 10.5. The van der Waals surface area contributed by atoms with Gasteiger partial charge in [0.05, 0.1) is 6.42 Å². The molecule has 1 heterocycles. The fourth-order valence-electron chi connectivity index (χ4n) is 1.17. The molecule has 1 aromatic heterocycles. The van der Waals surface area contributed by atoms with Crippen LogP contribution in [-0.4, -0.2) is 27.8 Å². The van der Waals surface area contributed by atoms with Crippen LogP contribution in [0, 0.1) is 0 Å². The van der Waals surface area contributed by atoms with Gasteiger partial charge in [-0.2, -0.15) is 0 Å². The summed E-state index contributed by atoms with van der Waals surface area (Å²) in [5.74, 6) is -0.0000827. The number of ether oxygens (including phenoxy) is 1. The highest BCUT2D eigenvalue weighted by molar-refractivity contribution is 7.98. The molecule has 0 aliphatic heterocycles. The first-order chi connectivity index (χ1) is 7.81. The second-order valence-corrected chi connectivity index (χ2v) is 5.30. The number of rotatable bonds is 3. The van der Waals surface area contributed by atoms with Crippen molar-refractivity contribution in [3.8, 4) is 0 Å². The summed E-state index contributed by atoms with van der Waals surface area (Å²) in [4.78, 5) is 19.7. The lowest BCUT2D eigenvalue weighted by atomic mass is 10.2. The zero-order valence-corrected chi connectivity index (χ0v) is 11.3. The first-order valence-corrected chi connectivity index (χ1v) is 6.41. The van der Waals surface area contributed by atoms with Crippen molar-refractivity contribution < 1.29 is 9.53 Å². The summed E-state index contributed by atoms with van der Waals surface area (Å²) in [7, 11) is 0. The van der Waals surface area contributed by atoms with E-state index in [1.165, 1.54) is 11.8 Å². The number of nitrogen functional groups attached to an aromatic ring is 1. The van der Waals surface area contributed by atoms with Crippen LogP contribution in [0.5, 0.6) is 0 Å². The molecular weight excluding hydrogens is 238 g/mol.